The van der Waals surface area contributed by atoms with Crippen LogP contribution in [0.25, 0.3) is 41.7 Å². The first kappa shape index (κ1) is 13.1. The van der Waals surface area contributed by atoms with Crippen molar-refractivity contribution in [2.24, 2.45) is 0 Å². The van der Waals surface area contributed by atoms with Crippen LogP contribution in [0.1, 0.15) is 11.1 Å². The molecular weight excluding hydrogens is 296 g/mol. The molecule has 1 aromatic heterocycles. The number of benzene rings is 4. The third kappa shape index (κ3) is 1.66. The smallest absolute Gasteiger partial charge is 0.0393 e. The summed E-state index contributed by atoms with van der Waals surface area (Å²) in [6.45, 7) is 4.56. The van der Waals surface area contributed by atoms with Crippen molar-refractivity contribution in [1.29, 1.82) is 0 Å². The van der Waals surface area contributed by atoms with Crippen LogP contribution in [0.5, 0.6) is 0 Å². The van der Waals surface area contributed by atoms with Gasteiger partial charge in [0.25, 0.3) is 0 Å². The lowest BCUT2D eigenvalue weighted by atomic mass is 9.92. The van der Waals surface area contributed by atoms with E-state index in [-0.39, 0.29) is 0 Å². The zero-order chi connectivity index (χ0) is 15.6. The molecule has 0 spiro atoms. The van der Waals surface area contributed by atoms with Gasteiger partial charge in [-0.25, -0.2) is 0 Å². The monoisotopic (exact) mass is 312 g/mol. The molecule has 4 aromatic carbocycles. The summed E-state index contributed by atoms with van der Waals surface area (Å²) in [6.07, 6.45) is 0. The number of fused-ring (bicyclic) bond motifs is 6. The van der Waals surface area contributed by atoms with Crippen molar-refractivity contribution in [3.8, 4) is 0 Å². The highest BCUT2D eigenvalue weighted by atomic mass is 32.1. The summed E-state index contributed by atoms with van der Waals surface area (Å²) in [6, 6.07) is 22.1. The third-order valence-corrected chi connectivity index (χ3v) is 6.31. The zero-order valence-electron chi connectivity index (χ0n) is 13.2. The predicted octanol–water partition coefficient (Wildman–Crippen LogP) is 6.98. The summed E-state index contributed by atoms with van der Waals surface area (Å²) in [7, 11) is 0. The normalized spacial score (nSPS) is 11.9. The zero-order valence-corrected chi connectivity index (χ0v) is 14.0. The Kier molecular flexibility index (Phi) is 2.60. The maximum atomic E-state index is 2.30. The van der Waals surface area contributed by atoms with Crippen molar-refractivity contribution in [2.45, 2.75) is 13.8 Å². The van der Waals surface area contributed by atoms with Crippen molar-refractivity contribution >= 4 is 53.1 Å². The maximum absolute atomic E-state index is 2.30. The van der Waals surface area contributed by atoms with Crippen molar-refractivity contribution in [3.63, 3.8) is 0 Å². The lowest BCUT2D eigenvalue weighted by Crippen LogP contribution is -1.87. The molecule has 1 heterocycles. The largest absolute Gasteiger partial charge is 0.135 e. The molecule has 0 fully saturated rings. The summed E-state index contributed by atoms with van der Waals surface area (Å²) < 4.78 is 2.82. The summed E-state index contributed by atoms with van der Waals surface area (Å²) in [5, 5.41) is 8.32. The number of hydrogen-bond donors (Lipinski definition) is 0. The van der Waals surface area contributed by atoms with Gasteiger partial charge >= 0.3 is 0 Å². The Hall–Kier alpha value is -2.38. The quantitative estimate of drug-likeness (QED) is 0.271. The summed E-state index contributed by atoms with van der Waals surface area (Å²) in [4.78, 5) is 0. The molecule has 1 heteroatoms. The second-order valence-corrected chi connectivity index (χ2v) is 7.31. The van der Waals surface area contributed by atoms with Gasteiger partial charge in [-0.3, -0.25) is 0 Å². The Morgan fingerprint density at radius 2 is 1.35 bits per heavy atom. The fourth-order valence-corrected chi connectivity index (χ4v) is 5.18. The molecule has 0 aliphatic rings. The minimum absolute atomic E-state index is 1.32. The van der Waals surface area contributed by atoms with Crippen LogP contribution in [-0.2, 0) is 0 Å². The molecule has 110 valence electrons. The number of aryl methyl sites for hydroxylation is 2. The van der Waals surface area contributed by atoms with E-state index in [1.54, 1.807) is 0 Å². The van der Waals surface area contributed by atoms with Crippen molar-refractivity contribution in [3.05, 3.63) is 71.8 Å². The topological polar surface area (TPSA) is 0 Å². The van der Waals surface area contributed by atoms with Gasteiger partial charge in [-0.2, -0.15) is 0 Å². The molecule has 0 N–H and O–H groups in total. The Bertz CT molecular complexity index is 1220. The van der Waals surface area contributed by atoms with Gasteiger partial charge in [0.15, 0.2) is 0 Å². The van der Waals surface area contributed by atoms with Crippen molar-refractivity contribution < 1.29 is 0 Å². The molecule has 23 heavy (non-hydrogen) atoms. The Morgan fingerprint density at radius 1 is 0.609 bits per heavy atom. The van der Waals surface area contributed by atoms with Crippen LogP contribution < -0.4 is 0 Å². The molecule has 5 rings (SSSR count). The van der Waals surface area contributed by atoms with Crippen LogP contribution in [0.3, 0.4) is 0 Å². The number of hydrogen-bond acceptors (Lipinski definition) is 1. The van der Waals surface area contributed by atoms with Crippen LogP contribution in [0.15, 0.2) is 60.7 Å². The van der Waals surface area contributed by atoms with E-state index in [2.05, 4.69) is 74.5 Å². The second kappa shape index (κ2) is 4.56. The highest BCUT2D eigenvalue weighted by Crippen LogP contribution is 2.43. The second-order valence-electron chi connectivity index (χ2n) is 6.26. The van der Waals surface area contributed by atoms with Gasteiger partial charge in [0.2, 0.25) is 0 Å². The predicted molar refractivity (Wildman–Crippen MR) is 104 cm³/mol. The van der Waals surface area contributed by atoms with E-state index in [1.165, 1.54) is 52.8 Å². The van der Waals surface area contributed by atoms with Gasteiger partial charge in [0, 0.05) is 20.2 Å². The maximum Gasteiger partial charge on any atom is 0.0393 e. The fourth-order valence-electron chi connectivity index (χ4n) is 3.92. The van der Waals surface area contributed by atoms with Crippen LogP contribution in [0, 0.1) is 13.8 Å². The van der Waals surface area contributed by atoms with E-state index in [0.29, 0.717) is 0 Å². The molecule has 0 saturated carbocycles. The first-order valence-electron chi connectivity index (χ1n) is 7.97. The summed E-state index contributed by atoms with van der Waals surface area (Å²) in [5.74, 6) is 0. The van der Waals surface area contributed by atoms with Crippen LogP contribution in [-0.4, -0.2) is 0 Å². The van der Waals surface area contributed by atoms with Gasteiger partial charge in [0.05, 0.1) is 0 Å². The van der Waals surface area contributed by atoms with Gasteiger partial charge in [0.1, 0.15) is 0 Å². The molecule has 0 saturated heterocycles. The molecule has 0 amide bonds. The van der Waals surface area contributed by atoms with Crippen LogP contribution in [0.2, 0.25) is 0 Å². The Balaban J connectivity index is 2.15. The number of rotatable bonds is 0. The van der Waals surface area contributed by atoms with E-state index < -0.39 is 0 Å². The SMILES string of the molecule is Cc1c2sc3ccccc3c2c(C)c2ccc3ccccc3c12. The molecule has 0 bridgehead atoms. The van der Waals surface area contributed by atoms with E-state index in [1.807, 2.05) is 11.3 Å². The minimum Gasteiger partial charge on any atom is -0.135 e. The number of thiophene rings is 1. The molecule has 0 nitrogen and oxygen atoms in total. The van der Waals surface area contributed by atoms with Crippen LogP contribution >= 0.6 is 11.3 Å². The molecule has 5 aromatic rings. The van der Waals surface area contributed by atoms with E-state index >= 15 is 0 Å². The lowest BCUT2D eigenvalue weighted by molar-refractivity contribution is 1.56. The fraction of sp³-hybridized carbons (Fsp3) is 0.0909. The minimum atomic E-state index is 1.32. The highest BCUT2D eigenvalue weighted by molar-refractivity contribution is 7.26. The molecule has 0 radical (unpaired) electrons. The average molecular weight is 312 g/mol. The van der Waals surface area contributed by atoms with Gasteiger partial charge < -0.3 is 0 Å². The average Bonchev–Trinajstić information content (AvgIpc) is 2.99. The van der Waals surface area contributed by atoms with Gasteiger partial charge in [-0.1, -0.05) is 54.6 Å². The highest BCUT2D eigenvalue weighted by Gasteiger charge is 2.15. The molecule has 0 aliphatic carbocycles. The van der Waals surface area contributed by atoms with E-state index in [4.69, 9.17) is 0 Å². The van der Waals surface area contributed by atoms with E-state index in [9.17, 15) is 0 Å². The van der Waals surface area contributed by atoms with Gasteiger partial charge in [-0.05, 0) is 52.6 Å². The Morgan fingerprint density at radius 3 is 2.22 bits per heavy atom. The Labute approximate surface area is 139 Å². The first-order chi connectivity index (χ1) is 11.3. The lowest BCUT2D eigenvalue weighted by Gasteiger charge is -2.12. The molecule has 0 unspecified atom stereocenters. The summed E-state index contributed by atoms with van der Waals surface area (Å²) in [5.41, 5.74) is 2.82. The van der Waals surface area contributed by atoms with Crippen molar-refractivity contribution in [2.75, 3.05) is 0 Å². The standard InChI is InChI=1S/C22H16S/c1-13-16-12-11-15-7-3-4-8-17(15)20(16)14(2)22-21(13)18-9-5-6-10-19(18)23-22/h3-12H,1-2H3. The molecule has 0 aliphatic heterocycles. The third-order valence-electron chi connectivity index (χ3n) is 5.02. The van der Waals surface area contributed by atoms with Crippen LogP contribution in [0.4, 0.5) is 0 Å². The van der Waals surface area contributed by atoms with E-state index in [0.717, 1.165) is 0 Å². The summed E-state index contributed by atoms with van der Waals surface area (Å²) >= 11 is 1.93. The van der Waals surface area contributed by atoms with Crippen molar-refractivity contribution in [1.82, 2.24) is 0 Å². The van der Waals surface area contributed by atoms with Gasteiger partial charge in [-0.15, -0.1) is 11.3 Å². The first-order valence-corrected chi connectivity index (χ1v) is 8.79. The molecular formula is C22H16S. The molecule has 0 atom stereocenters.